The number of carboxylic acids is 1. The van der Waals surface area contributed by atoms with E-state index in [9.17, 15) is 42.6 Å². The van der Waals surface area contributed by atoms with Gasteiger partial charge in [-0.3, -0.25) is 14.4 Å². The Hall–Kier alpha value is -2.67. The first-order valence-electron chi connectivity index (χ1n) is 11.5. The SMILES string of the molecule is CCOC(=O)[C@]1(N)C[C@@H]1/C=C/CCCCC[C@@H](NC(=O)C(F)(F)F)C(=O)N1C[C@H](O)C[C@H]1C(=O)O. The van der Waals surface area contributed by atoms with Crippen LogP contribution in [0.25, 0.3) is 0 Å². The molecule has 0 unspecified atom stereocenters. The van der Waals surface area contributed by atoms with E-state index in [1.165, 1.54) is 0 Å². The average Bonchev–Trinajstić information content (AvgIpc) is 3.27. The maximum absolute atomic E-state index is 12.8. The zero-order valence-corrected chi connectivity index (χ0v) is 19.4. The minimum Gasteiger partial charge on any atom is -0.480 e. The van der Waals surface area contributed by atoms with Crippen LogP contribution in [0.5, 0.6) is 0 Å². The van der Waals surface area contributed by atoms with Gasteiger partial charge in [0.25, 0.3) is 0 Å². The number of β-amino-alcohol motifs (C(OH)–C–C–N with tert-alkyl or cyclic N) is 1. The van der Waals surface area contributed by atoms with Gasteiger partial charge in [0.05, 0.1) is 12.7 Å². The Kier molecular flexibility index (Phi) is 9.67. The van der Waals surface area contributed by atoms with Crippen molar-refractivity contribution in [3.8, 4) is 0 Å². The Morgan fingerprint density at radius 2 is 1.94 bits per heavy atom. The Balaban J connectivity index is 1.86. The molecule has 1 saturated carbocycles. The van der Waals surface area contributed by atoms with E-state index >= 15 is 0 Å². The molecule has 198 valence electrons. The van der Waals surface area contributed by atoms with Crippen molar-refractivity contribution >= 4 is 23.8 Å². The van der Waals surface area contributed by atoms with Gasteiger partial charge in [-0.25, -0.2) is 4.79 Å². The van der Waals surface area contributed by atoms with Crippen LogP contribution in [0.15, 0.2) is 12.2 Å². The summed E-state index contributed by atoms with van der Waals surface area (Å²) in [6, 6.07) is -2.94. The second-order valence-corrected chi connectivity index (χ2v) is 8.90. The van der Waals surface area contributed by atoms with Crippen LogP contribution in [-0.2, 0) is 23.9 Å². The van der Waals surface area contributed by atoms with E-state index in [2.05, 4.69) is 0 Å². The highest BCUT2D eigenvalue weighted by molar-refractivity contribution is 5.92. The first-order valence-corrected chi connectivity index (χ1v) is 11.5. The van der Waals surface area contributed by atoms with Crippen LogP contribution in [0.3, 0.4) is 0 Å². The quantitative estimate of drug-likeness (QED) is 0.172. The normalized spacial score (nSPS) is 27.0. The molecule has 0 bridgehead atoms. The summed E-state index contributed by atoms with van der Waals surface area (Å²) >= 11 is 0. The number of nitrogens with two attached hydrogens (primary N) is 1. The number of unbranched alkanes of at least 4 members (excludes halogenated alkanes) is 3. The molecular weight excluding hydrogens is 475 g/mol. The van der Waals surface area contributed by atoms with E-state index < -0.39 is 53.7 Å². The number of alkyl halides is 3. The van der Waals surface area contributed by atoms with Gasteiger partial charge in [0, 0.05) is 18.9 Å². The van der Waals surface area contributed by atoms with Crippen LogP contribution in [-0.4, -0.2) is 81.9 Å². The summed E-state index contributed by atoms with van der Waals surface area (Å²) < 4.78 is 43.2. The Morgan fingerprint density at radius 3 is 2.54 bits per heavy atom. The maximum Gasteiger partial charge on any atom is 0.471 e. The number of carbonyl (C=O) groups is 4. The van der Waals surface area contributed by atoms with Crippen LogP contribution < -0.4 is 11.1 Å². The zero-order chi connectivity index (χ0) is 26.4. The number of ether oxygens (including phenoxy) is 1. The van der Waals surface area contributed by atoms with E-state index in [0.717, 1.165) is 4.90 Å². The fourth-order valence-corrected chi connectivity index (χ4v) is 4.08. The Bertz CT molecular complexity index is 836. The van der Waals surface area contributed by atoms with Crippen molar-refractivity contribution < 1.29 is 47.3 Å². The van der Waals surface area contributed by atoms with Gasteiger partial charge in [0.2, 0.25) is 5.91 Å². The molecule has 0 aromatic heterocycles. The predicted molar refractivity (Wildman–Crippen MR) is 116 cm³/mol. The second-order valence-electron chi connectivity index (χ2n) is 8.90. The number of nitrogens with one attached hydrogen (secondary N) is 1. The fourth-order valence-electron chi connectivity index (χ4n) is 4.08. The number of amides is 2. The van der Waals surface area contributed by atoms with Gasteiger partial charge >= 0.3 is 24.0 Å². The van der Waals surface area contributed by atoms with Gasteiger partial charge in [-0.1, -0.05) is 25.0 Å². The Morgan fingerprint density at radius 1 is 1.26 bits per heavy atom. The highest BCUT2D eigenvalue weighted by Crippen LogP contribution is 2.43. The summed E-state index contributed by atoms with van der Waals surface area (Å²) in [5, 5.41) is 20.6. The number of carboxylic acid groups (broad SMARTS) is 1. The lowest BCUT2D eigenvalue weighted by Gasteiger charge is -2.27. The van der Waals surface area contributed by atoms with Gasteiger partial charge in [-0.15, -0.1) is 0 Å². The van der Waals surface area contributed by atoms with Crippen molar-refractivity contribution in [2.75, 3.05) is 13.2 Å². The van der Waals surface area contributed by atoms with Crippen LogP contribution in [0.1, 0.15) is 51.9 Å². The molecule has 1 aliphatic heterocycles. The average molecular weight is 508 g/mol. The monoisotopic (exact) mass is 507 g/mol. The standard InChI is InChI=1S/C22H32F3N3O7/c1-2-35-20(34)21(26)11-13(21)8-6-4-3-5-7-9-15(27-19(33)22(23,24)25)17(30)28-12-14(29)10-16(28)18(31)32/h6,8,13-16,29H,2-5,7,9-12,26H2,1H3,(H,27,33)(H,31,32)/b8-6+/t13-,14+,15+,16-,21-/m0/s1. The summed E-state index contributed by atoms with van der Waals surface area (Å²) in [7, 11) is 0. The van der Waals surface area contributed by atoms with Gasteiger partial charge in [-0.2, -0.15) is 13.2 Å². The molecule has 35 heavy (non-hydrogen) atoms. The van der Waals surface area contributed by atoms with E-state index in [0.29, 0.717) is 32.1 Å². The lowest BCUT2D eigenvalue weighted by Crippen LogP contribution is -2.54. The third-order valence-electron chi connectivity index (χ3n) is 6.15. The number of hydrogen-bond acceptors (Lipinski definition) is 7. The molecular formula is C22H32F3N3O7. The third kappa shape index (κ3) is 7.66. The van der Waals surface area contributed by atoms with Gasteiger partial charge in [-0.05, 0) is 32.6 Å². The number of hydrogen-bond donors (Lipinski definition) is 4. The second kappa shape index (κ2) is 11.8. The fraction of sp³-hybridized carbons (Fsp3) is 0.727. The molecule has 10 nitrogen and oxygen atoms in total. The number of allylic oxidation sites excluding steroid dienone is 1. The number of rotatable bonds is 12. The van der Waals surface area contributed by atoms with Crippen molar-refractivity contribution in [1.82, 2.24) is 10.2 Å². The van der Waals surface area contributed by atoms with E-state index in [-0.39, 0.29) is 31.9 Å². The zero-order valence-electron chi connectivity index (χ0n) is 19.4. The molecule has 13 heteroatoms. The molecule has 2 aliphatic rings. The number of aliphatic carboxylic acids is 1. The largest absolute Gasteiger partial charge is 0.480 e. The first kappa shape index (κ1) is 28.6. The molecule has 0 aromatic carbocycles. The molecule has 1 heterocycles. The van der Waals surface area contributed by atoms with E-state index in [4.69, 9.17) is 10.5 Å². The number of nitrogens with zero attached hydrogens (tertiary/aromatic N) is 1. The molecule has 1 saturated heterocycles. The minimum atomic E-state index is -5.20. The lowest BCUT2D eigenvalue weighted by molar-refractivity contribution is -0.175. The van der Waals surface area contributed by atoms with Gasteiger partial charge in [0.15, 0.2) is 0 Å². The van der Waals surface area contributed by atoms with Crippen LogP contribution in [0, 0.1) is 5.92 Å². The van der Waals surface area contributed by atoms with Gasteiger partial charge < -0.3 is 30.9 Å². The van der Waals surface area contributed by atoms with E-state index in [1.54, 1.807) is 12.2 Å². The molecule has 0 spiro atoms. The number of halogens is 3. The topological polar surface area (TPSA) is 159 Å². The number of likely N-dealkylation sites (tertiary alicyclic amines) is 1. The molecule has 0 aromatic rings. The van der Waals surface area contributed by atoms with Crippen molar-refractivity contribution in [2.45, 2.75) is 81.8 Å². The predicted octanol–water partition coefficient (Wildman–Crippen LogP) is 0.867. The number of esters is 1. The summed E-state index contributed by atoms with van der Waals surface area (Å²) in [5.41, 5.74) is 4.98. The molecule has 5 atom stereocenters. The summed E-state index contributed by atoms with van der Waals surface area (Å²) in [4.78, 5) is 48.2. The lowest BCUT2D eigenvalue weighted by atomic mass is 10.0. The highest BCUT2D eigenvalue weighted by Gasteiger charge is 2.57. The highest BCUT2D eigenvalue weighted by atomic mass is 19.4. The van der Waals surface area contributed by atoms with Crippen LogP contribution >= 0.6 is 0 Å². The number of aliphatic hydroxyl groups is 1. The molecule has 5 N–H and O–H groups in total. The van der Waals surface area contributed by atoms with Crippen LogP contribution in [0.2, 0.25) is 0 Å². The van der Waals surface area contributed by atoms with Crippen molar-refractivity contribution in [3.05, 3.63) is 12.2 Å². The van der Waals surface area contributed by atoms with Crippen molar-refractivity contribution in [2.24, 2.45) is 11.7 Å². The molecule has 2 amide bonds. The molecule has 2 fully saturated rings. The number of aliphatic hydroxyl groups excluding tert-OH is 1. The summed E-state index contributed by atoms with van der Waals surface area (Å²) in [5.74, 6) is -5.20. The van der Waals surface area contributed by atoms with Gasteiger partial charge in [0.1, 0.15) is 17.6 Å². The van der Waals surface area contributed by atoms with Crippen molar-refractivity contribution in [1.29, 1.82) is 0 Å². The van der Waals surface area contributed by atoms with Crippen LogP contribution in [0.4, 0.5) is 13.2 Å². The summed E-state index contributed by atoms with van der Waals surface area (Å²) in [6.45, 7) is 1.60. The number of carbonyl (C=O) groups excluding carboxylic acids is 3. The molecule has 2 rings (SSSR count). The third-order valence-corrected chi connectivity index (χ3v) is 6.15. The molecule has 0 radical (unpaired) electrons. The maximum atomic E-state index is 12.8. The smallest absolute Gasteiger partial charge is 0.471 e. The molecule has 1 aliphatic carbocycles. The summed E-state index contributed by atoms with van der Waals surface area (Å²) in [6.07, 6.45) is -0.438. The van der Waals surface area contributed by atoms with E-state index in [1.807, 2.05) is 12.2 Å². The minimum absolute atomic E-state index is 0.112. The first-order chi connectivity index (χ1) is 16.3. The Labute approximate surface area is 200 Å². The van der Waals surface area contributed by atoms with Crippen molar-refractivity contribution in [3.63, 3.8) is 0 Å².